The molecule has 8 amide bonds. The number of hydrogen-bond acceptors (Lipinski definition) is 10. The summed E-state index contributed by atoms with van der Waals surface area (Å²) >= 11 is 0. The SMILES string of the molecule is CC[C@@H](C)[C@H](NC(=O)[C@@H]1CCCN1C(=O)[C@H](Cc1ccccc1)N(C)C(=O)[C@H](Cc1ccccc1)NC(=O)[C@H](C(C)C)N(C)C(=O)C(O)[C@@H](C)CC)C(=O)N(C)[C@H](C(=O)N[C@@H](CC(C)C)C(=O)N(C)C(C(=O)O)=C(C)C)C(C)C. The van der Waals surface area contributed by atoms with Crippen LogP contribution in [-0.4, -0.2) is 171 Å². The van der Waals surface area contributed by atoms with Crippen molar-refractivity contribution in [1.29, 1.82) is 0 Å². The number of likely N-dealkylation sites (N-methyl/N-ethyl adjacent to an activating group) is 4. The molecule has 0 saturated carbocycles. The van der Waals surface area contributed by atoms with Crippen LogP contribution in [0.1, 0.15) is 126 Å². The zero-order chi connectivity index (χ0) is 59.7. The Kier molecular flexibility index (Phi) is 25.9. The number of allylic oxidation sites excluding steroid dienone is 1. The van der Waals surface area contributed by atoms with Crippen LogP contribution >= 0.6 is 0 Å². The molecule has 438 valence electrons. The van der Waals surface area contributed by atoms with Gasteiger partial charge in [0.2, 0.25) is 41.4 Å². The van der Waals surface area contributed by atoms with Crippen LogP contribution in [0.2, 0.25) is 0 Å². The summed E-state index contributed by atoms with van der Waals surface area (Å²) in [4.78, 5) is 134. The Hall–Kier alpha value is -6.63. The van der Waals surface area contributed by atoms with E-state index in [4.69, 9.17) is 0 Å². The Bertz CT molecular complexity index is 2450. The molecule has 0 bridgehead atoms. The van der Waals surface area contributed by atoms with Gasteiger partial charge in [0.1, 0.15) is 54.1 Å². The molecule has 2 aromatic carbocycles. The molecule has 2 aromatic rings. The van der Waals surface area contributed by atoms with Gasteiger partial charge < -0.3 is 50.7 Å². The maximum absolute atomic E-state index is 15.2. The van der Waals surface area contributed by atoms with Crippen molar-refractivity contribution in [3.63, 3.8) is 0 Å². The van der Waals surface area contributed by atoms with Gasteiger partial charge >= 0.3 is 5.97 Å². The van der Waals surface area contributed by atoms with Crippen LogP contribution in [0.15, 0.2) is 71.9 Å². The lowest BCUT2D eigenvalue weighted by Gasteiger charge is -2.37. The summed E-state index contributed by atoms with van der Waals surface area (Å²) in [5.41, 5.74) is 1.62. The van der Waals surface area contributed by atoms with E-state index in [0.717, 1.165) is 16.0 Å². The molecule has 0 aliphatic carbocycles. The summed E-state index contributed by atoms with van der Waals surface area (Å²) in [5, 5.41) is 29.5. The van der Waals surface area contributed by atoms with Gasteiger partial charge in [-0.15, -0.1) is 0 Å². The summed E-state index contributed by atoms with van der Waals surface area (Å²) in [5.74, 6) is -7.92. The zero-order valence-corrected chi connectivity index (χ0v) is 49.7. The van der Waals surface area contributed by atoms with Gasteiger partial charge in [0.25, 0.3) is 5.91 Å². The molecule has 1 unspecified atom stereocenters. The molecule has 1 aliphatic heterocycles. The van der Waals surface area contributed by atoms with Crippen LogP contribution < -0.4 is 16.0 Å². The van der Waals surface area contributed by atoms with Gasteiger partial charge in [0.05, 0.1) is 0 Å². The number of aliphatic hydroxyl groups is 1. The molecule has 1 saturated heterocycles. The minimum atomic E-state index is -1.34. The third-order valence-corrected chi connectivity index (χ3v) is 15.3. The van der Waals surface area contributed by atoms with E-state index < -0.39 is 119 Å². The molecular formula is C60H92N8O11. The number of carboxylic acid groups (broad SMARTS) is 1. The van der Waals surface area contributed by atoms with Crippen molar-refractivity contribution in [2.45, 2.75) is 176 Å². The number of rotatable bonds is 28. The maximum Gasteiger partial charge on any atom is 0.352 e. The number of carbonyl (C=O) groups excluding carboxylic acids is 8. The number of likely N-dealkylation sites (tertiary alicyclic amines) is 1. The Morgan fingerprint density at radius 1 is 0.620 bits per heavy atom. The first-order valence-corrected chi connectivity index (χ1v) is 28.0. The number of nitrogens with zero attached hydrogens (tertiary/aromatic N) is 5. The fourth-order valence-corrected chi connectivity index (χ4v) is 10.4. The van der Waals surface area contributed by atoms with Crippen molar-refractivity contribution < 1.29 is 53.4 Å². The Morgan fingerprint density at radius 3 is 1.56 bits per heavy atom. The zero-order valence-electron chi connectivity index (χ0n) is 49.7. The highest BCUT2D eigenvalue weighted by Crippen LogP contribution is 2.25. The molecule has 0 radical (unpaired) electrons. The molecule has 10 atom stereocenters. The molecule has 1 aliphatic rings. The third-order valence-electron chi connectivity index (χ3n) is 15.3. The number of nitrogens with one attached hydrogen (secondary N) is 3. The second-order valence-corrected chi connectivity index (χ2v) is 22.8. The van der Waals surface area contributed by atoms with E-state index in [-0.39, 0.29) is 49.8 Å². The van der Waals surface area contributed by atoms with E-state index in [1.54, 1.807) is 67.5 Å². The number of hydrogen-bond donors (Lipinski definition) is 5. The molecular weight excluding hydrogens is 1010 g/mol. The van der Waals surface area contributed by atoms with Gasteiger partial charge in [-0.05, 0) is 79.4 Å². The summed E-state index contributed by atoms with van der Waals surface area (Å²) in [6.45, 7) is 21.3. The minimum absolute atomic E-state index is 0.0332. The number of carboxylic acids is 1. The lowest BCUT2D eigenvalue weighted by Crippen LogP contribution is -2.62. The first-order valence-electron chi connectivity index (χ1n) is 28.0. The lowest BCUT2D eigenvalue weighted by atomic mass is 9.94. The van der Waals surface area contributed by atoms with Crippen molar-refractivity contribution in [2.75, 3.05) is 34.7 Å². The van der Waals surface area contributed by atoms with Gasteiger partial charge in [0, 0.05) is 47.6 Å². The van der Waals surface area contributed by atoms with E-state index >= 15 is 9.59 Å². The van der Waals surface area contributed by atoms with E-state index in [1.807, 2.05) is 76.2 Å². The normalized spacial score (nSPS) is 16.8. The van der Waals surface area contributed by atoms with Crippen molar-refractivity contribution in [1.82, 2.24) is 40.4 Å². The Balaban J connectivity index is 2.01. The van der Waals surface area contributed by atoms with Gasteiger partial charge in [-0.3, -0.25) is 38.4 Å². The second-order valence-electron chi connectivity index (χ2n) is 22.8. The monoisotopic (exact) mass is 1100 g/mol. The number of carbonyl (C=O) groups is 9. The Labute approximate surface area is 469 Å². The average molecular weight is 1100 g/mol. The molecule has 19 heteroatoms. The molecule has 0 aromatic heterocycles. The molecule has 5 N–H and O–H groups in total. The van der Waals surface area contributed by atoms with Crippen LogP contribution in [0, 0.1) is 29.6 Å². The highest BCUT2D eigenvalue weighted by atomic mass is 16.4. The quantitative estimate of drug-likeness (QED) is 0.0707. The van der Waals surface area contributed by atoms with E-state index in [9.17, 15) is 43.8 Å². The van der Waals surface area contributed by atoms with Crippen molar-refractivity contribution in [3.05, 3.63) is 83.1 Å². The molecule has 1 fully saturated rings. The highest BCUT2D eigenvalue weighted by Gasteiger charge is 2.44. The fraction of sp³-hybridized carbons (Fsp3) is 0.617. The van der Waals surface area contributed by atoms with E-state index in [1.165, 1.54) is 47.8 Å². The van der Waals surface area contributed by atoms with Crippen LogP contribution in [0.3, 0.4) is 0 Å². The number of benzene rings is 2. The molecule has 3 rings (SSSR count). The lowest BCUT2D eigenvalue weighted by molar-refractivity contribution is -0.151. The van der Waals surface area contributed by atoms with Gasteiger partial charge in [-0.25, -0.2) is 4.79 Å². The van der Waals surface area contributed by atoms with Crippen LogP contribution in [0.4, 0.5) is 0 Å². The van der Waals surface area contributed by atoms with Crippen LogP contribution in [0.5, 0.6) is 0 Å². The fourth-order valence-electron chi connectivity index (χ4n) is 10.4. The standard InChI is InChI=1S/C60H92N8O11/c1-17-39(11)47(58(76)65(14)48(36(5)6)53(71)61-43(32-35(3)4)56(74)67(16)50(38(9)10)60(78)79)63-52(70)45-30-25-31-68(45)57(75)46(34-42-28-23-20-24-29-42)64(13)55(73)44(33-41-26-21-19-22-27-41)62-54(72)49(37(7)8)66(15)59(77)51(69)40(12)18-2/h19-24,26-29,35-37,39-40,43-49,51,69H,17-18,25,30-34H2,1-16H3,(H,61,71)(H,62,72)(H,63,70)(H,78,79)/t39-,40+,43+,44+,45+,46+,47+,48+,49+,51?/m1/s1. The molecule has 1 heterocycles. The number of aliphatic carboxylic acids is 1. The van der Waals surface area contributed by atoms with Crippen molar-refractivity contribution in [3.8, 4) is 0 Å². The van der Waals surface area contributed by atoms with Gasteiger partial charge in [-0.2, -0.15) is 0 Å². The number of amides is 8. The van der Waals surface area contributed by atoms with Crippen LogP contribution in [-0.2, 0) is 56.0 Å². The predicted molar refractivity (Wildman–Crippen MR) is 303 cm³/mol. The second kappa shape index (κ2) is 30.7. The third kappa shape index (κ3) is 17.7. The first-order chi connectivity index (χ1) is 37.0. The highest BCUT2D eigenvalue weighted by molar-refractivity contribution is 5.99. The summed E-state index contributed by atoms with van der Waals surface area (Å²) in [6.07, 6.45) is 0.580. The molecule has 0 spiro atoms. The smallest absolute Gasteiger partial charge is 0.352 e. The van der Waals surface area contributed by atoms with E-state index in [0.29, 0.717) is 24.8 Å². The van der Waals surface area contributed by atoms with Gasteiger partial charge in [-0.1, -0.05) is 143 Å². The minimum Gasteiger partial charge on any atom is -0.477 e. The first kappa shape index (κ1) is 66.6. The predicted octanol–water partition coefficient (Wildman–Crippen LogP) is 5.05. The van der Waals surface area contributed by atoms with Crippen LogP contribution in [0.25, 0.3) is 0 Å². The topological polar surface area (TPSA) is 246 Å². The van der Waals surface area contributed by atoms with E-state index in [2.05, 4.69) is 16.0 Å². The molecule has 19 nitrogen and oxygen atoms in total. The summed E-state index contributed by atoms with van der Waals surface area (Å²) in [6, 6.07) is 10.2. The Morgan fingerprint density at radius 2 is 1.10 bits per heavy atom. The summed E-state index contributed by atoms with van der Waals surface area (Å²) in [7, 11) is 5.76. The molecule has 79 heavy (non-hydrogen) atoms. The largest absolute Gasteiger partial charge is 0.477 e. The summed E-state index contributed by atoms with van der Waals surface area (Å²) < 4.78 is 0. The van der Waals surface area contributed by atoms with Crippen molar-refractivity contribution in [2.24, 2.45) is 29.6 Å². The number of aliphatic hydroxyl groups excluding tert-OH is 1. The van der Waals surface area contributed by atoms with Crippen molar-refractivity contribution >= 4 is 53.2 Å². The maximum atomic E-state index is 15.2. The van der Waals surface area contributed by atoms with Gasteiger partial charge in [0.15, 0.2) is 0 Å². The average Bonchev–Trinajstić information content (AvgIpc) is 3.97.